The Hall–Kier alpha value is -0.670. The van der Waals surface area contributed by atoms with Crippen molar-refractivity contribution in [3.63, 3.8) is 0 Å². The fourth-order valence-electron chi connectivity index (χ4n) is 2.19. The van der Waals surface area contributed by atoms with E-state index in [-0.39, 0.29) is 5.54 Å². The minimum absolute atomic E-state index is 0.0966. The molecule has 2 rings (SSSR count). The van der Waals surface area contributed by atoms with E-state index in [1.54, 1.807) is 0 Å². The first kappa shape index (κ1) is 11.8. The highest BCUT2D eigenvalue weighted by Gasteiger charge is 2.36. The van der Waals surface area contributed by atoms with E-state index in [0.717, 1.165) is 12.2 Å². The monoisotopic (exact) mass is 236 g/mol. The number of nitrogens with one attached hydrogen (secondary N) is 1. The second kappa shape index (κ2) is 4.68. The molecule has 0 aliphatic carbocycles. The second-order valence-corrected chi connectivity index (χ2v) is 6.23. The molecular formula is C13H20N2S. The number of aryl methyl sites for hydroxylation is 1. The molecule has 16 heavy (non-hydrogen) atoms. The highest BCUT2D eigenvalue weighted by atomic mass is 32.2. The molecule has 1 aromatic carbocycles. The van der Waals surface area contributed by atoms with Crippen LogP contribution >= 0.6 is 11.8 Å². The summed E-state index contributed by atoms with van der Waals surface area (Å²) in [5.74, 6) is 1.11. The van der Waals surface area contributed by atoms with Crippen molar-refractivity contribution < 1.29 is 0 Å². The third-order valence-corrected chi connectivity index (χ3v) is 4.63. The molecule has 0 aromatic heterocycles. The number of thioether (sulfide) groups is 1. The molecular weight excluding hydrogens is 216 g/mol. The van der Waals surface area contributed by atoms with Crippen molar-refractivity contribution in [2.45, 2.75) is 31.1 Å². The van der Waals surface area contributed by atoms with E-state index in [1.807, 2.05) is 11.8 Å². The molecule has 1 saturated heterocycles. The molecule has 1 aliphatic rings. The molecule has 2 unspecified atom stereocenters. The number of benzene rings is 1. The first-order chi connectivity index (χ1) is 7.63. The van der Waals surface area contributed by atoms with E-state index in [4.69, 9.17) is 5.73 Å². The van der Waals surface area contributed by atoms with Crippen molar-refractivity contribution in [1.29, 1.82) is 0 Å². The molecule has 3 N–H and O–H groups in total. The SMILES string of the molecule is Cc1ccc(NC2(CN)CSC(C)C2)cc1. The van der Waals surface area contributed by atoms with Crippen molar-refractivity contribution >= 4 is 17.4 Å². The highest BCUT2D eigenvalue weighted by molar-refractivity contribution is 8.00. The molecule has 0 amide bonds. The van der Waals surface area contributed by atoms with E-state index in [1.165, 1.54) is 11.3 Å². The Bertz CT molecular complexity index is 349. The predicted octanol–water partition coefficient (Wildman–Crippen LogP) is 2.63. The normalized spacial score (nSPS) is 29.3. The van der Waals surface area contributed by atoms with Crippen LogP contribution in [0.3, 0.4) is 0 Å². The van der Waals surface area contributed by atoms with Gasteiger partial charge >= 0.3 is 0 Å². The molecule has 1 aliphatic heterocycles. The Kier molecular flexibility index (Phi) is 3.45. The summed E-state index contributed by atoms with van der Waals surface area (Å²) in [7, 11) is 0. The molecule has 0 saturated carbocycles. The van der Waals surface area contributed by atoms with E-state index in [0.29, 0.717) is 11.8 Å². The summed E-state index contributed by atoms with van der Waals surface area (Å²) in [6.07, 6.45) is 1.15. The van der Waals surface area contributed by atoms with Crippen LogP contribution in [0.2, 0.25) is 0 Å². The van der Waals surface area contributed by atoms with Gasteiger partial charge in [-0.1, -0.05) is 24.6 Å². The standard InChI is InChI=1S/C13H20N2S/c1-10-3-5-12(6-4-10)15-13(8-14)7-11(2)16-9-13/h3-6,11,15H,7-9,14H2,1-2H3. The first-order valence-electron chi connectivity index (χ1n) is 5.80. The van der Waals surface area contributed by atoms with Gasteiger partial charge in [-0.05, 0) is 25.5 Å². The van der Waals surface area contributed by atoms with Gasteiger partial charge in [0.1, 0.15) is 0 Å². The minimum atomic E-state index is 0.0966. The van der Waals surface area contributed by atoms with Crippen LogP contribution in [0.4, 0.5) is 5.69 Å². The lowest BCUT2D eigenvalue weighted by molar-refractivity contribution is 0.513. The third kappa shape index (κ3) is 2.53. The molecule has 0 bridgehead atoms. The summed E-state index contributed by atoms with van der Waals surface area (Å²) < 4.78 is 0. The van der Waals surface area contributed by atoms with Gasteiger partial charge in [0.15, 0.2) is 0 Å². The van der Waals surface area contributed by atoms with Crippen LogP contribution in [-0.2, 0) is 0 Å². The number of rotatable bonds is 3. The van der Waals surface area contributed by atoms with Gasteiger partial charge < -0.3 is 11.1 Å². The zero-order valence-electron chi connectivity index (χ0n) is 9.99. The maximum atomic E-state index is 5.93. The van der Waals surface area contributed by atoms with E-state index >= 15 is 0 Å². The van der Waals surface area contributed by atoms with E-state index < -0.39 is 0 Å². The van der Waals surface area contributed by atoms with E-state index in [9.17, 15) is 0 Å². The maximum absolute atomic E-state index is 5.93. The summed E-state index contributed by atoms with van der Waals surface area (Å²) in [5.41, 5.74) is 8.51. The lowest BCUT2D eigenvalue weighted by Crippen LogP contribution is -2.45. The average molecular weight is 236 g/mol. The quantitative estimate of drug-likeness (QED) is 0.847. The van der Waals surface area contributed by atoms with Gasteiger partial charge in [0.25, 0.3) is 0 Å². The fraction of sp³-hybridized carbons (Fsp3) is 0.538. The van der Waals surface area contributed by atoms with Crippen molar-refractivity contribution in [3.8, 4) is 0 Å². The van der Waals surface area contributed by atoms with Gasteiger partial charge in [0.05, 0.1) is 5.54 Å². The number of hydrogen-bond donors (Lipinski definition) is 2. The first-order valence-corrected chi connectivity index (χ1v) is 6.85. The third-order valence-electron chi connectivity index (χ3n) is 3.17. The highest BCUT2D eigenvalue weighted by Crippen LogP contribution is 2.36. The molecule has 0 radical (unpaired) electrons. The van der Waals surface area contributed by atoms with Crippen molar-refractivity contribution in [2.75, 3.05) is 17.6 Å². The van der Waals surface area contributed by atoms with Gasteiger partial charge in [0, 0.05) is 23.2 Å². The fourth-order valence-corrected chi connectivity index (χ4v) is 3.54. The summed E-state index contributed by atoms with van der Waals surface area (Å²) in [5, 5.41) is 4.33. The minimum Gasteiger partial charge on any atom is -0.377 e. The average Bonchev–Trinajstić information content (AvgIpc) is 2.64. The largest absolute Gasteiger partial charge is 0.377 e. The van der Waals surface area contributed by atoms with Crippen molar-refractivity contribution in [2.24, 2.45) is 5.73 Å². The number of nitrogens with two attached hydrogens (primary N) is 1. The van der Waals surface area contributed by atoms with Crippen LogP contribution < -0.4 is 11.1 Å². The van der Waals surface area contributed by atoms with E-state index in [2.05, 4.69) is 43.4 Å². The van der Waals surface area contributed by atoms with Gasteiger partial charge in [-0.15, -0.1) is 0 Å². The molecule has 0 spiro atoms. The Morgan fingerprint density at radius 2 is 2.12 bits per heavy atom. The molecule has 1 aromatic rings. The molecule has 88 valence electrons. The predicted molar refractivity (Wildman–Crippen MR) is 73.1 cm³/mol. The summed E-state index contributed by atoms with van der Waals surface area (Å²) in [6, 6.07) is 8.55. The topological polar surface area (TPSA) is 38.0 Å². The lowest BCUT2D eigenvalue weighted by atomic mass is 9.96. The number of anilines is 1. The van der Waals surface area contributed by atoms with Crippen LogP contribution in [0, 0.1) is 6.92 Å². The molecule has 1 fully saturated rings. The van der Waals surface area contributed by atoms with Crippen LogP contribution in [-0.4, -0.2) is 23.1 Å². The maximum Gasteiger partial charge on any atom is 0.0596 e. The Morgan fingerprint density at radius 1 is 1.44 bits per heavy atom. The Morgan fingerprint density at radius 3 is 2.62 bits per heavy atom. The Labute approximate surface area is 102 Å². The Balaban J connectivity index is 2.10. The summed E-state index contributed by atoms with van der Waals surface area (Å²) in [6.45, 7) is 5.09. The van der Waals surface area contributed by atoms with Crippen molar-refractivity contribution in [3.05, 3.63) is 29.8 Å². The molecule has 2 nitrogen and oxygen atoms in total. The van der Waals surface area contributed by atoms with Gasteiger partial charge in [-0.3, -0.25) is 0 Å². The molecule has 1 heterocycles. The van der Waals surface area contributed by atoms with Gasteiger partial charge in [0.2, 0.25) is 0 Å². The summed E-state index contributed by atoms with van der Waals surface area (Å²) >= 11 is 2.01. The second-order valence-electron chi connectivity index (χ2n) is 4.80. The molecule has 3 heteroatoms. The van der Waals surface area contributed by atoms with Gasteiger partial charge in [-0.2, -0.15) is 11.8 Å². The lowest BCUT2D eigenvalue weighted by Gasteiger charge is -2.29. The summed E-state index contributed by atoms with van der Waals surface area (Å²) in [4.78, 5) is 0. The van der Waals surface area contributed by atoms with Crippen LogP contribution in [0.5, 0.6) is 0 Å². The zero-order valence-corrected chi connectivity index (χ0v) is 10.8. The van der Waals surface area contributed by atoms with Crippen molar-refractivity contribution in [1.82, 2.24) is 0 Å². The van der Waals surface area contributed by atoms with Gasteiger partial charge in [-0.25, -0.2) is 0 Å². The van der Waals surface area contributed by atoms with Crippen LogP contribution in [0.25, 0.3) is 0 Å². The molecule has 2 atom stereocenters. The van der Waals surface area contributed by atoms with Crippen LogP contribution in [0.1, 0.15) is 18.9 Å². The zero-order chi connectivity index (χ0) is 11.6. The smallest absolute Gasteiger partial charge is 0.0596 e. The number of hydrogen-bond acceptors (Lipinski definition) is 3. The van der Waals surface area contributed by atoms with Crippen LogP contribution in [0.15, 0.2) is 24.3 Å².